The fraction of sp³-hybridized carbons (Fsp3) is 0.417. The van der Waals surface area contributed by atoms with Gasteiger partial charge in [0, 0.05) is 0 Å². The predicted octanol–water partition coefficient (Wildman–Crippen LogP) is 1.17. The average Bonchev–Trinajstić information content (AvgIpc) is 2.38. The van der Waals surface area contributed by atoms with Crippen molar-refractivity contribution in [1.29, 1.82) is 0 Å². The van der Waals surface area contributed by atoms with Gasteiger partial charge in [0.05, 0.1) is 19.6 Å². The minimum absolute atomic E-state index is 0.103. The zero-order valence-corrected chi connectivity index (χ0v) is 10.3. The quantitative estimate of drug-likeness (QED) is 0.535. The van der Waals surface area contributed by atoms with E-state index in [1.165, 1.54) is 0 Å². The summed E-state index contributed by atoms with van der Waals surface area (Å²) in [6.45, 7) is 2.85. The van der Waals surface area contributed by atoms with Crippen LogP contribution in [0.3, 0.4) is 0 Å². The van der Waals surface area contributed by atoms with E-state index in [0.29, 0.717) is 18.1 Å². The highest BCUT2D eigenvalue weighted by Gasteiger charge is 2.06. The molecule has 6 heteroatoms. The normalized spacial score (nSPS) is 9.89. The van der Waals surface area contributed by atoms with Crippen LogP contribution in [0.5, 0.6) is 11.5 Å². The van der Waals surface area contributed by atoms with Crippen molar-refractivity contribution in [1.82, 2.24) is 5.59 Å². The zero-order valence-electron chi connectivity index (χ0n) is 10.3. The van der Waals surface area contributed by atoms with Crippen LogP contribution in [0.15, 0.2) is 24.3 Å². The number of ether oxygens (including phenoxy) is 2. The highest BCUT2D eigenvalue weighted by Crippen LogP contribution is 2.26. The molecule has 0 heterocycles. The Morgan fingerprint density at radius 1 is 1.22 bits per heavy atom. The summed E-state index contributed by atoms with van der Waals surface area (Å²) < 4.78 is 11.0. The number of carbonyl (C=O) groups is 1. The molecule has 0 aromatic heterocycles. The van der Waals surface area contributed by atoms with Crippen molar-refractivity contribution >= 4 is 5.97 Å². The first kappa shape index (κ1) is 14.3. The van der Waals surface area contributed by atoms with Gasteiger partial charge in [-0.2, -0.15) is 0 Å². The molecule has 6 nitrogen and oxygen atoms in total. The standard InChI is InChI=1S/C12H18N2O4/c1-2-8-16-10-5-3-4-6-11(10)17-9-7-12(15)18-14-13/h3-6,14H,2,7-9,13H2,1H3. The summed E-state index contributed by atoms with van der Waals surface area (Å²) in [5.41, 5.74) is 1.83. The minimum Gasteiger partial charge on any atom is -0.490 e. The summed E-state index contributed by atoms with van der Waals surface area (Å²) in [6, 6.07) is 7.32. The third-order valence-corrected chi connectivity index (χ3v) is 2.05. The molecule has 0 atom stereocenters. The van der Waals surface area contributed by atoms with Gasteiger partial charge < -0.3 is 14.3 Å². The molecule has 0 amide bonds. The van der Waals surface area contributed by atoms with Gasteiger partial charge in [-0.25, -0.2) is 5.84 Å². The monoisotopic (exact) mass is 254 g/mol. The van der Waals surface area contributed by atoms with Crippen molar-refractivity contribution in [2.24, 2.45) is 5.84 Å². The number of rotatable bonds is 8. The van der Waals surface area contributed by atoms with Gasteiger partial charge in [0.1, 0.15) is 0 Å². The second-order valence-corrected chi connectivity index (χ2v) is 3.49. The predicted molar refractivity (Wildman–Crippen MR) is 65.8 cm³/mol. The van der Waals surface area contributed by atoms with Gasteiger partial charge in [0.15, 0.2) is 11.5 Å². The molecule has 0 bridgehead atoms. The van der Waals surface area contributed by atoms with E-state index in [1.54, 1.807) is 6.07 Å². The number of carbonyl (C=O) groups excluding carboxylic acids is 1. The Bertz CT molecular complexity index is 371. The summed E-state index contributed by atoms with van der Waals surface area (Å²) in [5, 5.41) is 0. The Morgan fingerprint density at radius 3 is 2.39 bits per heavy atom. The molecular formula is C12H18N2O4. The van der Waals surface area contributed by atoms with Crippen molar-refractivity contribution in [2.75, 3.05) is 13.2 Å². The number of benzene rings is 1. The molecule has 1 aromatic carbocycles. The van der Waals surface area contributed by atoms with Gasteiger partial charge >= 0.3 is 5.97 Å². The Hall–Kier alpha value is -1.79. The third kappa shape index (κ3) is 5.03. The lowest BCUT2D eigenvalue weighted by atomic mass is 10.3. The number of hydrazine groups is 1. The van der Waals surface area contributed by atoms with Crippen molar-refractivity contribution in [3.8, 4) is 11.5 Å². The molecule has 3 N–H and O–H groups in total. The van der Waals surface area contributed by atoms with E-state index in [2.05, 4.69) is 4.84 Å². The Kier molecular flexibility index (Phi) is 6.60. The van der Waals surface area contributed by atoms with Gasteiger partial charge in [-0.3, -0.25) is 4.79 Å². The molecule has 0 aliphatic carbocycles. The van der Waals surface area contributed by atoms with E-state index in [4.69, 9.17) is 15.3 Å². The minimum atomic E-state index is -0.482. The van der Waals surface area contributed by atoms with Crippen LogP contribution in [0.25, 0.3) is 0 Å². The van der Waals surface area contributed by atoms with Crippen molar-refractivity contribution in [3.05, 3.63) is 24.3 Å². The van der Waals surface area contributed by atoms with Crippen LogP contribution in [0.1, 0.15) is 19.8 Å². The highest BCUT2D eigenvalue weighted by atomic mass is 16.7. The number of hydrogen-bond acceptors (Lipinski definition) is 6. The fourth-order valence-corrected chi connectivity index (χ4v) is 1.26. The SMILES string of the molecule is CCCOc1ccccc1OCCC(=O)ONN. The summed E-state index contributed by atoms with van der Waals surface area (Å²) in [4.78, 5) is 15.4. The molecule has 0 saturated heterocycles. The van der Waals surface area contributed by atoms with Gasteiger partial charge in [-0.15, -0.1) is 0 Å². The summed E-state index contributed by atoms with van der Waals surface area (Å²) >= 11 is 0. The van der Waals surface area contributed by atoms with E-state index < -0.39 is 5.97 Å². The molecule has 0 radical (unpaired) electrons. The van der Waals surface area contributed by atoms with E-state index in [0.717, 1.165) is 6.42 Å². The van der Waals surface area contributed by atoms with Crippen molar-refractivity contribution in [2.45, 2.75) is 19.8 Å². The molecule has 100 valence electrons. The maximum atomic E-state index is 11.0. The van der Waals surface area contributed by atoms with E-state index in [9.17, 15) is 4.79 Å². The van der Waals surface area contributed by atoms with Crippen LogP contribution in [0, 0.1) is 0 Å². The first-order valence-electron chi connectivity index (χ1n) is 5.77. The summed E-state index contributed by atoms with van der Waals surface area (Å²) in [5.74, 6) is 5.64. The maximum Gasteiger partial charge on any atom is 0.329 e. The van der Waals surface area contributed by atoms with Crippen LogP contribution in [0.2, 0.25) is 0 Å². The first-order chi connectivity index (χ1) is 8.77. The van der Waals surface area contributed by atoms with E-state index in [-0.39, 0.29) is 13.0 Å². The fourth-order valence-electron chi connectivity index (χ4n) is 1.26. The molecule has 0 saturated carbocycles. The number of nitrogens with one attached hydrogen (secondary N) is 1. The highest BCUT2D eigenvalue weighted by molar-refractivity contribution is 5.69. The Labute approximate surface area is 106 Å². The third-order valence-electron chi connectivity index (χ3n) is 2.05. The molecule has 0 unspecified atom stereocenters. The van der Waals surface area contributed by atoms with Gasteiger partial charge in [-0.05, 0) is 18.6 Å². The second kappa shape index (κ2) is 8.32. The molecular weight excluding hydrogens is 236 g/mol. The lowest BCUT2D eigenvalue weighted by Gasteiger charge is -2.11. The van der Waals surface area contributed by atoms with Crippen LogP contribution >= 0.6 is 0 Å². The smallest absolute Gasteiger partial charge is 0.329 e. The van der Waals surface area contributed by atoms with Crippen molar-refractivity contribution < 1.29 is 19.1 Å². The summed E-state index contributed by atoms with van der Waals surface area (Å²) in [7, 11) is 0. The van der Waals surface area contributed by atoms with Gasteiger partial charge in [0.25, 0.3) is 0 Å². The van der Waals surface area contributed by atoms with Gasteiger partial charge in [-0.1, -0.05) is 24.6 Å². The van der Waals surface area contributed by atoms with Crippen molar-refractivity contribution in [3.63, 3.8) is 0 Å². The van der Waals surface area contributed by atoms with E-state index >= 15 is 0 Å². The first-order valence-corrected chi connectivity index (χ1v) is 5.77. The van der Waals surface area contributed by atoms with Gasteiger partial charge in [0.2, 0.25) is 0 Å². The van der Waals surface area contributed by atoms with Crippen LogP contribution < -0.4 is 20.9 Å². The molecule has 0 fully saturated rings. The number of hydrogen-bond donors (Lipinski definition) is 2. The molecule has 0 aliphatic rings. The molecule has 0 spiro atoms. The van der Waals surface area contributed by atoms with Crippen LogP contribution in [0.4, 0.5) is 0 Å². The molecule has 18 heavy (non-hydrogen) atoms. The second-order valence-electron chi connectivity index (χ2n) is 3.49. The molecule has 0 aliphatic heterocycles. The number of nitrogens with two attached hydrogens (primary N) is 1. The maximum absolute atomic E-state index is 11.0. The van der Waals surface area contributed by atoms with E-state index in [1.807, 2.05) is 30.7 Å². The number of para-hydroxylation sites is 2. The zero-order chi connectivity index (χ0) is 13.2. The lowest BCUT2D eigenvalue weighted by molar-refractivity contribution is -0.151. The average molecular weight is 254 g/mol. The Morgan fingerprint density at radius 2 is 1.83 bits per heavy atom. The molecule has 1 aromatic rings. The van der Waals surface area contributed by atoms with Crippen LogP contribution in [-0.4, -0.2) is 19.2 Å². The summed E-state index contributed by atoms with van der Waals surface area (Å²) in [6.07, 6.45) is 1.02. The largest absolute Gasteiger partial charge is 0.490 e. The lowest BCUT2D eigenvalue weighted by Crippen LogP contribution is -2.26. The van der Waals surface area contributed by atoms with Crippen LogP contribution in [-0.2, 0) is 9.63 Å². The molecule has 1 rings (SSSR count). The Balaban J connectivity index is 2.43. The topological polar surface area (TPSA) is 82.8 Å².